The molecule has 0 aliphatic carbocycles. The predicted molar refractivity (Wildman–Crippen MR) is 93.9 cm³/mol. The smallest absolute Gasteiger partial charge is 0.227 e. The van der Waals surface area contributed by atoms with Crippen LogP contribution >= 0.6 is 0 Å². The predicted octanol–water partition coefficient (Wildman–Crippen LogP) is 2.39. The zero-order valence-corrected chi connectivity index (χ0v) is 13.8. The van der Waals surface area contributed by atoms with Crippen molar-refractivity contribution in [1.82, 2.24) is 4.90 Å². The standard InChI is InChI=1S/C20H22N2O2/c1-14(23)16-9-7-15(8-10-16)11-20(24)22-12-18(19(21)13-22)17-5-3-2-4-6-17/h2-10,18-19H,11-13,21H2,1H3/t18-,19+/m0/s1. The van der Waals surface area contributed by atoms with E-state index in [4.69, 9.17) is 5.73 Å². The van der Waals surface area contributed by atoms with Crippen LogP contribution in [-0.4, -0.2) is 35.7 Å². The summed E-state index contributed by atoms with van der Waals surface area (Å²) in [6.07, 6.45) is 0.340. The van der Waals surface area contributed by atoms with Gasteiger partial charge in [-0.15, -0.1) is 0 Å². The van der Waals surface area contributed by atoms with Gasteiger partial charge in [-0.3, -0.25) is 9.59 Å². The molecule has 4 nitrogen and oxygen atoms in total. The second-order valence-corrected chi connectivity index (χ2v) is 6.41. The number of carbonyl (C=O) groups is 2. The van der Waals surface area contributed by atoms with Crippen LogP contribution in [-0.2, 0) is 11.2 Å². The summed E-state index contributed by atoms with van der Waals surface area (Å²) in [5.74, 6) is 0.304. The molecule has 2 aromatic rings. The highest BCUT2D eigenvalue weighted by Crippen LogP contribution is 2.26. The fourth-order valence-electron chi connectivity index (χ4n) is 3.23. The zero-order valence-electron chi connectivity index (χ0n) is 13.8. The minimum atomic E-state index is -0.0311. The van der Waals surface area contributed by atoms with Gasteiger partial charge in [-0.1, -0.05) is 54.6 Å². The molecule has 24 heavy (non-hydrogen) atoms. The molecule has 1 saturated heterocycles. The summed E-state index contributed by atoms with van der Waals surface area (Å²) in [6, 6.07) is 17.3. The number of carbonyl (C=O) groups excluding carboxylic acids is 2. The minimum Gasteiger partial charge on any atom is -0.340 e. The van der Waals surface area contributed by atoms with Crippen LogP contribution in [0.4, 0.5) is 0 Å². The number of rotatable bonds is 4. The summed E-state index contributed by atoms with van der Waals surface area (Å²) in [7, 11) is 0. The van der Waals surface area contributed by atoms with Gasteiger partial charge in [-0.2, -0.15) is 0 Å². The second-order valence-electron chi connectivity index (χ2n) is 6.41. The lowest BCUT2D eigenvalue weighted by Gasteiger charge is -2.16. The van der Waals surface area contributed by atoms with E-state index < -0.39 is 0 Å². The summed E-state index contributed by atoms with van der Waals surface area (Å²) < 4.78 is 0. The molecule has 1 heterocycles. The highest BCUT2D eigenvalue weighted by Gasteiger charge is 2.33. The van der Waals surface area contributed by atoms with Gasteiger partial charge in [0.05, 0.1) is 6.42 Å². The van der Waals surface area contributed by atoms with E-state index in [9.17, 15) is 9.59 Å². The van der Waals surface area contributed by atoms with Crippen molar-refractivity contribution in [3.63, 3.8) is 0 Å². The molecule has 1 fully saturated rings. The first-order valence-corrected chi connectivity index (χ1v) is 8.23. The first-order valence-electron chi connectivity index (χ1n) is 8.23. The van der Waals surface area contributed by atoms with E-state index in [1.807, 2.05) is 35.2 Å². The number of Topliss-reactive ketones (excluding diaryl/α,β-unsaturated/α-hetero) is 1. The van der Waals surface area contributed by atoms with Crippen molar-refractivity contribution >= 4 is 11.7 Å². The van der Waals surface area contributed by atoms with Gasteiger partial charge in [0.15, 0.2) is 5.78 Å². The summed E-state index contributed by atoms with van der Waals surface area (Å²) in [5.41, 5.74) is 9.02. The molecule has 0 unspecified atom stereocenters. The summed E-state index contributed by atoms with van der Waals surface area (Å²) in [5, 5.41) is 0. The zero-order chi connectivity index (χ0) is 17.1. The molecular weight excluding hydrogens is 300 g/mol. The molecule has 124 valence electrons. The molecule has 0 bridgehead atoms. The third kappa shape index (κ3) is 3.54. The van der Waals surface area contributed by atoms with Crippen molar-refractivity contribution in [2.45, 2.75) is 25.3 Å². The monoisotopic (exact) mass is 322 g/mol. The quantitative estimate of drug-likeness (QED) is 0.879. The number of likely N-dealkylation sites (tertiary alicyclic amines) is 1. The molecule has 1 aliphatic heterocycles. The second kappa shape index (κ2) is 6.97. The highest BCUT2D eigenvalue weighted by atomic mass is 16.2. The first kappa shape index (κ1) is 16.4. The molecule has 1 aliphatic rings. The van der Waals surface area contributed by atoms with E-state index in [1.54, 1.807) is 12.1 Å². The fraction of sp³-hybridized carbons (Fsp3) is 0.300. The Labute approximate surface area is 142 Å². The molecule has 0 aromatic heterocycles. The van der Waals surface area contributed by atoms with E-state index >= 15 is 0 Å². The summed E-state index contributed by atoms with van der Waals surface area (Å²) in [4.78, 5) is 25.7. The molecular formula is C20H22N2O2. The van der Waals surface area contributed by atoms with Crippen LogP contribution in [0.2, 0.25) is 0 Å². The number of nitrogens with zero attached hydrogens (tertiary/aromatic N) is 1. The average Bonchev–Trinajstić information content (AvgIpc) is 2.98. The lowest BCUT2D eigenvalue weighted by molar-refractivity contribution is -0.129. The van der Waals surface area contributed by atoms with Crippen LogP contribution in [0.25, 0.3) is 0 Å². The number of ketones is 1. The third-order valence-corrected chi connectivity index (χ3v) is 4.66. The van der Waals surface area contributed by atoms with Crippen LogP contribution in [0.5, 0.6) is 0 Å². The van der Waals surface area contributed by atoms with E-state index in [0.717, 1.165) is 5.56 Å². The molecule has 2 atom stereocenters. The fourth-order valence-corrected chi connectivity index (χ4v) is 3.23. The molecule has 3 rings (SSSR count). The van der Waals surface area contributed by atoms with Gasteiger partial charge in [0.2, 0.25) is 5.91 Å². The Morgan fingerprint density at radius 3 is 2.33 bits per heavy atom. The SMILES string of the molecule is CC(=O)c1ccc(CC(=O)N2C[C@@H](N)[C@H](c3ccccc3)C2)cc1. The topological polar surface area (TPSA) is 63.4 Å². The van der Waals surface area contributed by atoms with Crippen LogP contribution in [0.1, 0.15) is 34.3 Å². The van der Waals surface area contributed by atoms with Gasteiger partial charge in [0.1, 0.15) is 0 Å². The van der Waals surface area contributed by atoms with Gasteiger partial charge in [0, 0.05) is 30.6 Å². The summed E-state index contributed by atoms with van der Waals surface area (Å²) in [6.45, 7) is 2.79. The van der Waals surface area contributed by atoms with Gasteiger partial charge >= 0.3 is 0 Å². The molecule has 0 spiro atoms. The largest absolute Gasteiger partial charge is 0.340 e. The van der Waals surface area contributed by atoms with Crippen LogP contribution in [0, 0.1) is 0 Å². The Hall–Kier alpha value is -2.46. The maximum Gasteiger partial charge on any atom is 0.227 e. The van der Waals surface area contributed by atoms with E-state index in [1.165, 1.54) is 12.5 Å². The molecule has 2 N–H and O–H groups in total. The Balaban J connectivity index is 1.65. The van der Waals surface area contributed by atoms with Crippen LogP contribution < -0.4 is 5.73 Å². The third-order valence-electron chi connectivity index (χ3n) is 4.66. The molecule has 0 radical (unpaired) electrons. The Bertz CT molecular complexity index is 725. The Morgan fingerprint density at radius 2 is 1.71 bits per heavy atom. The van der Waals surface area contributed by atoms with Crippen molar-refractivity contribution < 1.29 is 9.59 Å². The van der Waals surface area contributed by atoms with E-state index in [2.05, 4.69) is 12.1 Å². The number of hydrogen-bond acceptors (Lipinski definition) is 3. The number of nitrogens with two attached hydrogens (primary N) is 1. The van der Waals surface area contributed by atoms with Crippen molar-refractivity contribution in [3.8, 4) is 0 Å². The first-order chi connectivity index (χ1) is 11.5. The average molecular weight is 322 g/mol. The molecule has 0 saturated carbocycles. The van der Waals surface area contributed by atoms with Crippen molar-refractivity contribution in [2.75, 3.05) is 13.1 Å². The molecule has 4 heteroatoms. The van der Waals surface area contributed by atoms with Crippen LogP contribution in [0.3, 0.4) is 0 Å². The molecule has 2 aromatic carbocycles. The van der Waals surface area contributed by atoms with E-state index in [-0.39, 0.29) is 23.7 Å². The normalized spacial score (nSPS) is 20.2. The van der Waals surface area contributed by atoms with Crippen molar-refractivity contribution in [1.29, 1.82) is 0 Å². The number of amides is 1. The number of benzene rings is 2. The number of hydrogen-bond donors (Lipinski definition) is 1. The lowest BCUT2D eigenvalue weighted by Crippen LogP contribution is -2.33. The van der Waals surface area contributed by atoms with Gasteiger partial charge in [-0.05, 0) is 18.1 Å². The van der Waals surface area contributed by atoms with E-state index in [0.29, 0.717) is 25.1 Å². The van der Waals surface area contributed by atoms with Crippen molar-refractivity contribution in [2.24, 2.45) is 5.73 Å². The Morgan fingerprint density at radius 1 is 1.04 bits per heavy atom. The minimum absolute atomic E-state index is 0.0311. The van der Waals surface area contributed by atoms with Gasteiger partial charge < -0.3 is 10.6 Å². The maximum atomic E-state index is 12.6. The highest BCUT2D eigenvalue weighted by molar-refractivity contribution is 5.94. The lowest BCUT2D eigenvalue weighted by atomic mass is 9.95. The summed E-state index contributed by atoms with van der Waals surface area (Å²) >= 11 is 0. The maximum absolute atomic E-state index is 12.6. The van der Waals surface area contributed by atoms with Gasteiger partial charge in [0.25, 0.3) is 0 Å². The van der Waals surface area contributed by atoms with Crippen LogP contribution in [0.15, 0.2) is 54.6 Å². The van der Waals surface area contributed by atoms with Gasteiger partial charge in [-0.25, -0.2) is 0 Å². The molecule has 1 amide bonds. The Kier molecular flexibility index (Phi) is 4.76. The van der Waals surface area contributed by atoms with Crippen molar-refractivity contribution in [3.05, 3.63) is 71.3 Å².